The van der Waals surface area contributed by atoms with Gasteiger partial charge in [0.1, 0.15) is 11.6 Å². The number of allylic oxidation sites excluding steroid dienone is 1. The normalized spacial score (nSPS) is 16.5. The lowest BCUT2D eigenvalue weighted by Gasteiger charge is -2.26. The van der Waals surface area contributed by atoms with Crippen LogP contribution in [0.3, 0.4) is 0 Å². The molecule has 1 unspecified atom stereocenters. The Labute approximate surface area is 142 Å². The quantitative estimate of drug-likeness (QED) is 0.592. The maximum Gasteiger partial charge on any atom is 0.130 e. The highest BCUT2D eigenvalue weighted by molar-refractivity contribution is 5.49. The summed E-state index contributed by atoms with van der Waals surface area (Å²) in [5.41, 5.74) is 4.54. The van der Waals surface area contributed by atoms with Crippen LogP contribution in [0.5, 0.6) is 0 Å². The highest BCUT2D eigenvalue weighted by Crippen LogP contribution is 2.36. The first kappa shape index (κ1) is 16.6. The second-order valence-corrected chi connectivity index (χ2v) is 6.47. The van der Waals surface area contributed by atoms with Crippen molar-refractivity contribution in [1.82, 2.24) is 0 Å². The van der Waals surface area contributed by atoms with Gasteiger partial charge in [-0.25, -0.2) is 8.78 Å². The molecule has 0 bridgehead atoms. The Morgan fingerprint density at radius 1 is 1.04 bits per heavy atom. The Bertz CT molecular complexity index is 751. The smallest absolute Gasteiger partial charge is 0.130 e. The maximum absolute atomic E-state index is 14.4. The predicted octanol–water partition coefficient (Wildman–Crippen LogP) is 6.00. The number of fused-ring (bicyclic) bond motifs is 1. The van der Waals surface area contributed by atoms with Gasteiger partial charge in [0.2, 0.25) is 0 Å². The summed E-state index contributed by atoms with van der Waals surface area (Å²) in [5.74, 6) is -1.02. The third kappa shape index (κ3) is 3.33. The van der Waals surface area contributed by atoms with E-state index < -0.39 is 11.6 Å². The molecule has 1 aliphatic rings. The molecule has 0 fully saturated rings. The molecule has 0 radical (unpaired) electrons. The lowest BCUT2D eigenvalue weighted by molar-refractivity contribution is 0.491. The Balaban J connectivity index is 1.85. The fourth-order valence-electron chi connectivity index (χ4n) is 3.59. The molecule has 3 rings (SSSR count). The molecule has 0 N–H and O–H groups in total. The van der Waals surface area contributed by atoms with E-state index in [2.05, 4.69) is 31.4 Å². The van der Waals surface area contributed by atoms with Gasteiger partial charge in [0.05, 0.1) is 0 Å². The van der Waals surface area contributed by atoms with Crippen LogP contribution in [0.15, 0.2) is 49.6 Å². The lowest BCUT2D eigenvalue weighted by atomic mass is 9.79. The standard InChI is InChI=1S/C22H22F2/c1-3-5-6-16-7-8-18-14-19(10-9-17(18)11-16)22-20(23)12-15(4-2)13-21(22)24/h3-4,7-8,11-13,19H,1-2,5-6,9-10,14H2. The molecule has 0 spiro atoms. The molecule has 0 nitrogen and oxygen atoms in total. The van der Waals surface area contributed by atoms with Gasteiger partial charge in [0.15, 0.2) is 0 Å². The van der Waals surface area contributed by atoms with E-state index in [1.165, 1.54) is 34.9 Å². The molecule has 24 heavy (non-hydrogen) atoms. The first-order valence-corrected chi connectivity index (χ1v) is 8.45. The van der Waals surface area contributed by atoms with Gasteiger partial charge >= 0.3 is 0 Å². The van der Waals surface area contributed by atoms with Crippen molar-refractivity contribution < 1.29 is 8.78 Å². The average Bonchev–Trinajstić information content (AvgIpc) is 2.59. The van der Waals surface area contributed by atoms with Gasteiger partial charge in [-0.2, -0.15) is 0 Å². The Morgan fingerprint density at radius 2 is 1.79 bits per heavy atom. The number of hydrogen-bond donors (Lipinski definition) is 0. The second-order valence-electron chi connectivity index (χ2n) is 6.47. The van der Waals surface area contributed by atoms with Crippen molar-refractivity contribution >= 4 is 6.08 Å². The minimum absolute atomic E-state index is 0.101. The number of rotatable bonds is 5. The van der Waals surface area contributed by atoms with Crippen molar-refractivity contribution in [3.8, 4) is 0 Å². The SMILES string of the molecule is C=CCCc1ccc2c(c1)CCC(c1c(F)cc(C=C)cc1F)C2. The zero-order chi connectivity index (χ0) is 17.1. The minimum Gasteiger partial charge on any atom is -0.207 e. The van der Waals surface area contributed by atoms with E-state index in [9.17, 15) is 8.78 Å². The third-order valence-electron chi connectivity index (χ3n) is 4.88. The van der Waals surface area contributed by atoms with Crippen LogP contribution in [0.2, 0.25) is 0 Å². The van der Waals surface area contributed by atoms with Crippen molar-refractivity contribution in [2.45, 2.75) is 38.0 Å². The third-order valence-corrected chi connectivity index (χ3v) is 4.88. The molecule has 0 saturated carbocycles. The van der Waals surface area contributed by atoms with Crippen molar-refractivity contribution in [3.05, 3.63) is 89.0 Å². The van der Waals surface area contributed by atoms with Crippen LogP contribution in [0.25, 0.3) is 6.08 Å². The van der Waals surface area contributed by atoms with Crippen LogP contribution in [0.1, 0.15) is 46.6 Å². The summed E-state index contributed by atoms with van der Waals surface area (Å²) in [5, 5.41) is 0. The highest BCUT2D eigenvalue weighted by atomic mass is 19.1. The van der Waals surface area contributed by atoms with Crippen LogP contribution < -0.4 is 0 Å². The van der Waals surface area contributed by atoms with Crippen molar-refractivity contribution in [3.63, 3.8) is 0 Å². The van der Waals surface area contributed by atoms with Gasteiger partial charge in [-0.3, -0.25) is 0 Å². The van der Waals surface area contributed by atoms with Crippen LogP contribution in [-0.4, -0.2) is 0 Å². The van der Waals surface area contributed by atoms with Crippen LogP contribution in [0, 0.1) is 11.6 Å². The summed E-state index contributed by atoms with van der Waals surface area (Å²) >= 11 is 0. The van der Waals surface area contributed by atoms with Gasteiger partial charge in [-0.15, -0.1) is 6.58 Å². The number of hydrogen-bond acceptors (Lipinski definition) is 0. The fourth-order valence-corrected chi connectivity index (χ4v) is 3.59. The first-order chi connectivity index (χ1) is 11.6. The van der Waals surface area contributed by atoms with Gasteiger partial charge in [-0.1, -0.05) is 36.9 Å². The first-order valence-electron chi connectivity index (χ1n) is 8.45. The summed E-state index contributed by atoms with van der Waals surface area (Å²) in [6, 6.07) is 9.23. The molecule has 124 valence electrons. The molecule has 0 aliphatic heterocycles. The zero-order valence-electron chi connectivity index (χ0n) is 13.8. The van der Waals surface area contributed by atoms with Gasteiger partial charge < -0.3 is 0 Å². The Hall–Kier alpha value is -2.22. The van der Waals surface area contributed by atoms with E-state index in [0.717, 1.165) is 25.7 Å². The van der Waals surface area contributed by atoms with Crippen molar-refractivity contribution in [2.24, 2.45) is 0 Å². The van der Waals surface area contributed by atoms with E-state index in [1.54, 1.807) is 0 Å². The molecular weight excluding hydrogens is 302 g/mol. The van der Waals surface area contributed by atoms with Crippen LogP contribution >= 0.6 is 0 Å². The monoisotopic (exact) mass is 324 g/mol. The predicted molar refractivity (Wildman–Crippen MR) is 96.2 cm³/mol. The van der Waals surface area contributed by atoms with Crippen LogP contribution in [0.4, 0.5) is 8.78 Å². The topological polar surface area (TPSA) is 0 Å². The fraction of sp³-hybridized carbons (Fsp3) is 0.273. The number of halogens is 2. The molecule has 0 aromatic heterocycles. The molecular formula is C22H22F2. The minimum atomic E-state index is -0.457. The largest absolute Gasteiger partial charge is 0.207 e. The molecule has 2 aromatic rings. The molecule has 1 atom stereocenters. The van der Waals surface area contributed by atoms with E-state index in [4.69, 9.17) is 0 Å². The molecule has 0 saturated heterocycles. The van der Waals surface area contributed by atoms with Crippen molar-refractivity contribution in [1.29, 1.82) is 0 Å². The Morgan fingerprint density at radius 3 is 2.46 bits per heavy atom. The summed E-state index contributed by atoms with van der Waals surface area (Å²) < 4.78 is 28.7. The van der Waals surface area contributed by atoms with Gasteiger partial charge in [0, 0.05) is 5.56 Å². The lowest BCUT2D eigenvalue weighted by Crippen LogP contribution is -2.16. The number of aryl methyl sites for hydroxylation is 2. The summed E-state index contributed by atoms with van der Waals surface area (Å²) in [7, 11) is 0. The molecule has 0 amide bonds. The molecule has 0 heterocycles. The zero-order valence-corrected chi connectivity index (χ0v) is 13.8. The summed E-state index contributed by atoms with van der Waals surface area (Å²) in [4.78, 5) is 0. The Kier molecular flexibility index (Phi) is 4.94. The van der Waals surface area contributed by atoms with E-state index in [1.807, 2.05) is 6.08 Å². The second kappa shape index (κ2) is 7.12. The van der Waals surface area contributed by atoms with Gasteiger partial charge in [-0.05, 0) is 72.4 Å². The highest BCUT2D eigenvalue weighted by Gasteiger charge is 2.25. The number of benzene rings is 2. The molecule has 2 aromatic carbocycles. The van der Waals surface area contributed by atoms with Crippen LogP contribution in [-0.2, 0) is 19.3 Å². The summed E-state index contributed by atoms with van der Waals surface area (Å²) in [6.07, 6.45) is 7.69. The summed E-state index contributed by atoms with van der Waals surface area (Å²) in [6.45, 7) is 7.33. The van der Waals surface area contributed by atoms with Crippen molar-refractivity contribution in [2.75, 3.05) is 0 Å². The molecule has 2 heteroatoms. The van der Waals surface area contributed by atoms with E-state index >= 15 is 0 Å². The van der Waals surface area contributed by atoms with E-state index in [0.29, 0.717) is 12.0 Å². The molecule has 1 aliphatic carbocycles. The maximum atomic E-state index is 14.4. The average molecular weight is 324 g/mol. The van der Waals surface area contributed by atoms with Gasteiger partial charge in [0.25, 0.3) is 0 Å². The van der Waals surface area contributed by atoms with E-state index in [-0.39, 0.29) is 11.5 Å².